The molecule has 0 saturated heterocycles. The Balaban J connectivity index is 2.10. The number of ether oxygens (including phenoxy) is 1. The predicted molar refractivity (Wildman–Crippen MR) is 72.1 cm³/mol. The third kappa shape index (κ3) is 3.70. The van der Waals surface area contributed by atoms with Crippen LogP contribution >= 0.6 is 11.6 Å². The third-order valence-electron chi connectivity index (χ3n) is 2.92. The van der Waals surface area contributed by atoms with Gasteiger partial charge in [-0.3, -0.25) is 9.59 Å². The first kappa shape index (κ1) is 13.9. The molecule has 102 valence electrons. The first-order valence-corrected chi connectivity index (χ1v) is 6.71. The number of nitrogens with zero attached hydrogens (tertiary/aromatic N) is 1. The minimum absolute atomic E-state index is 0.00382. The molecule has 0 aromatic heterocycles. The molecule has 0 atom stereocenters. The lowest BCUT2D eigenvalue weighted by molar-refractivity contribution is -0.144. The van der Waals surface area contributed by atoms with Gasteiger partial charge in [0, 0.05) is 16.6 Å². The Morgan fingerprint density at radius 1 is 1.42 bits per heavy atom. The fourth-order valence-corrected chi connectivity index (χ4v) is 2.08. The second-order valence-corrected chi connectivity index (χ2v) is 4.92. The molecule has 0 radical (unpaired) electrons. The number of hydrogen-bond donors (Lipinski definition) is 0. The van der Waals surface area contributed by atoms with E-state index in [-0.39, 0.29) is 24.5 Å². The molecule has 0 heterocycles. The van der Waals surface area contributed by atoms with Gasteiger partial charge in [-0.25, -0.2) is 0 Å². The van der Waals surface area contributed by atoms with E-state index in [4.69, 9.17) is 16.3 Å². The van der Waals surface area contributed by atoms with Gasteiger partial charge in [-0.1, -0.05) is 17.7 Å². The van der Waals surface area contributed by atoms with Crippen LogP contribution in [0.5, 0.6) is 0 Å². The van der Waals surface area contributed by atoms with Crippen LogP contribution in [0.4, 0.5) is 0 Å². The smallest absolute Gasteiger partial charge is 0.325 e. The fraction of sp³-hybridized carbons (Fsp3) is 0.429. The number of amides is 1. The molecule has 2 rings (SSSR count). The van der Waals surface area contributed by atoms with Crippen LogP contribution in [-0.4, -0.2) is 36.0 Å². The summed E-state index contributed by atoms with van der Waals surface area (Å²) < 4.78 is 4.90. The molecule has 1 aliphatic carbocycles. The Morgan fingerprint density at radius 2 is 2.16 bits per heavy atom. The molecule has 4 nitrogen and oxygen atoms in total. The molecule has 0 unspecified atom stereocenters. The van der Waals surface area contributed by atoms with E-state index in [0.717, 1.165) is 12.8 Å². The molecule has 1 aromatic carbocycles. The summed E-state index contributed by atoms with van der Waals surface area (Å²) in [7, 11) is 0. The van der Waals surface area contributed by atoms with Crippen molar-refractivity contribution < 1.29 is 14.3 Å². The van der Waals surface area contributed by atoms with Crippen molar-refractivity contribution in [3.63, 3.8) is 0 Å². The van der Waals surface area contributed by atoms with Gasteiger partial charge >= 0.3 is 5.97 Å². The van der Waals surface area contributed by atoms with Gasteiger partial charge < -0.3 is 9.64 Å². The topological polar surface area (TPSA) is 46.6 Å². The Labute approximate surface area is 117 Å². The van der Waals surface area contributed by atoms with Gasteiger partial charge in [0.05, 0.1) is 6.61 Å². The highest BCUT2D eigenvalue weighted by atomic mass is 35.5. The van der Waals surface area contributed by atoms with Crippen molar-refractivity contribution in [2.24, 2.45) is 0 Å². The quantitative estimate of drug-likeness (QED) is 0.779. The number of carbonyl (C=O) groups excluding carboxylic acids is 2. The highest BCUT2D eigenvalue weighted by Gasteiger charge is 2.34. The maximum Gasteiger partial charge on any atom is 0.325 e. The molecule has 0 spiro atoms. The summed E-state index contributed by atoms with van der Waals surface area (Å²) >= 11 is 5.88. The van der Waals surface area contributed by atoms with Gasteiger partial charge in [0.2, 0.25) is 0 Å². The van der Waals surface area contributed by atoms with Crippen LogP contribution in [0.15, 0.2) is 24.3 Å². The summed E-state index contributed by atoms with van der Waals surface area (Å²) in [4.78, 5) is 25.5. The average molecular weight is 282 g/mol. The van der Waals surface area contributed by atoms with Gasteiger partial charge in [0.15, 0.2) is 0 Å². The van der Waals surface area contributed by atoms with Crippen molar-refractivity contribution in [2.75, 3.05) is 13.2 Å². The minimum Gasteiger partial charge on any atom is -0.465 e. The lowest BCUT2D eigenvalue weighted by Gasteiger charge is -2.21. The Hall–Kier alpha value is -1.55. The molecular formula is C14H16ClNO3. The number of halogens is 1. The van der Waals surface area contributed by atoms with Gasteiger partial charge in [0.25, 0.3) is 5.91 Å². The number of rotatable bonds is 5. The van der Waals surface area contributed by atoms with Gasteiger partial charge in [-0.15, -0.1) is 0 Å². The molecule has 19 heavy (non-hydrogen) atoms. The Morgan fingerprint density at radius 3 is 2.74 bits per heavy atom. The number of carbonyl (C=O) groups is 2. The summed E-state index contributed by atoms with van der Waals surface area (Å²) in [6.45, 7) is 2.07. The second kappa shape index (κ2) is 6.06. The van der Waals surface area contributed by atoms with Crippen LogP contribution in [0.25, 0.3) is 0 Å². The summed E-state index contributed by atoms with van der Waals surface area (Å²) in [6, 6.07) is 6.91. The molecule has 0 bridgehead atoms. The molecule has 1 aliphatic rings. The SMILES string of the molecule is CCOC(=O)CN(C(=O)c1cccc(Cl)c1)C1CC1. The molecule has 1 amide bonds. The fourth-order valence-electron chi connectivity index (χ4n) is 1.89. The predicted octanol–water partition coefficient (Wildman–Crippen LogP) is 2.51. The molecule has 1 fully saturated rings. The average Bonchev–Trinajstić information content (AvgIpc) is 3.20. The van der Waals surface area contributed by atoms with Crippen LogP contribution in [-0.2, 0) is 9.53 Å². The monoisotopic (exact) mass is 281 g/mol. The highest BCUT2D eigenvalue weighted by molar-refractivity contribution is 6.30. The van der Waals surface area contributed by atoms with E-state index < -0.39 is 0 Å². The number of esters is 1. The zero-order valence-corrected chi connectivity index (χ0v) is 11.5. The van der Waals surface area contributed by atoms with E-state index in [1.807, 2.05) is 0 Å². The molecule has 1 saturated carbocycles. The summed E-state index contributed by atoms with van der Waals surface area (Å²) in [5.74, 6) is -0.539. The maximum absolute atomic E-state index is 12.4. The zero-order chi connectivity index (χ0) is 13.8. The first-order valence-electron chi connectivity index (χ1n) is 6.34. The summed E-state index contributed by atoms with van der Waals surface area (Å²) in [5.41, 5.74) is 0.503. The van der Waals surface area contributed by atoms with Crippen molar-refractivity contribution in [1.29, 1.82) is 0 Å². The zero-order valence-electron chi connectivity index (χ0n) is 10.8. The lowest BCUT2D eigenvalue weighted by Crippen LogP contribution is -2.38. The third-order valence-corrected chi connectivity index (χ3v) is 3.16. The van der Waals surface area contributed by atoms with Crippen LogP contribution in [0.3, 0.4) is 0 Å². The van der Waals surface area contributed by atoms with Crippen LogP contribution < -0.4 is 0 Å². The van der Waals surface area contributed by atoms with Gasteiger partial charge in [-0.05, 0) is 38.0 Å². The van der Waals surface area contributed by atoms with Crippen LogP contribution in [0, 0.1) is 0 Å². The standard InChI is InChI=1S/C14H16ClNO3/c1-2-19-13(17)9-16(12-6-7-12)14(18)10-4-3-5-11(15)8-10/h3-5,8,12H,2,6-7,9H2,1H3. The van der Waals surface area contributed by atoms with Crippen molar-refractivity contribution in [3.8, 4) is 0 Å². The maximum atomic E-state index is 12.4. The Bertz CT molecular complexity index is 485. The molecule has 5 heteroatoms. The van der Waals surface area contributed by atoms with Crippen LogP contribution in [0.2, 0.25) is 5.02 Å². The van der Waals surface area contributed by atoms with E-state index in [0.29, 0.717) is 17.2 Å². The van der Waals surface area contributed by atoms with Crippen molar-refractivity contribution in [1.82, 2.24) is 4.90 Å². The normalized spacial score (nSPS) is 14.0. The summed E-state index contributed by atoms with van der Waals surface area (Å²) in [6.07, 6.45) is 1.87. The minimum atomic E-state index is -0.371. The van der Waals surface area contributed by atoms with Gasteiger partial charge in [-0.2, -0.15) is 0 Å². The van der Waals surface area contributed by atoms with E-state index >= 15 is 0 Å². The highest BCUT2D eigenvalue weighted by Crippen LogP contribution is 2.28. The van der Waals surface area contributed by atoms with Gasteiger partial charge in [0.1, 0.15) is 6.54 Å². The van der Waals surface area contributed by atoms with Crippen molar-refractivity contribution in [3.05, 3.63) is 34.9 Å². The molecule has 0 aliphatic heterocycles. The molecule has 0 N–H and O–H groups in total. The number of hydrogen-bond acceptors (Lipinski definition) is 3. The van der Waals surface area contributed by atoms with E-state index in [1.165, 1.54) is 0 Å². The number of benzene rings is 1. The molecular weight excluding hydrogens is 266 g/mol. The second-order valence-electron chi connectivity index (χ2n) is 4.48. The van der Waals surface area contributed by atoms with Crippen LogP contribution in [0.1, 0.15) is 30.1 Å². The van der Waals surface area contributed by atoms with E-state index in [1.54, 1.807) is 36.1 Å². The first-order chi connectivity index (χ1) is 9.11. The van der Waals surface area contributed by atoms with E-state index in [2.05, 4.69) is 0 Å². The lowest BCUT2D eigenvalue weighted by atomic mass is 10.2. The molecule has 1 aromatic rings. The Kier molecular flexibility index (Phi) is 4.43. The summed E-state index contributed by atoms with van der Waals surface area (Å²) in [5, 5.41) is 0.512. The van der Waals surface area contributed by atoms with E-state index in [9.17, 15) is 9.59 Å². The van der Waals surface area contributed by atoms with Crippen molar-refractivity contribution >= 4 is 23.5 Å². The largest absolute Gasteiger partial charge is 0.465 e. The van der Waals surface area contributed by atoms with Crippen molar-refractivity contribution in [2.45, 2.75) is 25.8 Å².